The summed E-state index contributed by atoms with van der Waals surface area (Å²) >= 11 is 5.91. The molecule has 1 heterocycles. The van der Waals surface area contributed by atoms with Gasteiger partial charge in [0.05, 0.1) is 12.8 Å². The van der Waals surface area contributed by atoms with E-state index < -0.39 is 0 Å². The number of hydrogen-bond acceptors (Lipinski definition) is 6. The normalized spacial score (nSPS) is 10.2. The van der Waals surface area contributed by atoms with Gasteiger partial charge in [-0.2, -0.15) is 15.0 Å². The summed E-state index contributed by atoms with van der Waals surface area (Å²) in [5, 5.41) is 3.24. The molecule has 106 valence electrons. The Labute approximate surface area is 122 Å². The summed E-state index contributed by atoms with van der Waals surface area (Å²) < 4.78 is 5.30. The summed E-state index contributed by atoms with van der Waals surface area (Å²) in [5.74, 6) is 1.57. The molecule has 0 aliphatic heterocycles. The van der Waals surface area contributed by atoms with Crippen LogP contribution in [0.25, 0.3) is 0 Å². The Kier molecular flexibility index (Phi) is 4.24. The third-order valence-corrected chi connectivity index (χ3v) is 2.77. The van der Waals surface area contributed by atoms with Crippen LogP contribution in [0, 0.1) is 6.92 Å². The van der Waals surface area contributed by atoms with Gasteiger partial charge in [0.25, 0.3) is 0 Å². The molecule has 20 heavy (non-hydrogen) atoms. The molecule has 0 saturated carbocycles. The quantitative estimate of drug-likeness (QED) is 0.935. The predicted octanol–water partition coefficient (Wildman–Crippen LogP) is 2.65. The van der Waals surface area contributed by atoms with Crippen LogP contribution in [0.3, 0.4) is 0 Å². The first-order chi connectivity index (χ1) is 9.49. The predicted molar refractivity (Wildman–Crippen MR) is 80.2 cm³/mol. The van der Waals surface area contributed by atoms with Crippen molar-refractivity contribution in [3.05, 3.63) is 29.0 Å². The van der Waals surface area contributed by atoms with Crippen LogP contribution in [0.15, 0.2) is 18.2 Å². The van der Waals surface area contributed by atoms with E-state index in [2.05, 4.69) is 20.3 Å². The molecule has 7 heteroatoms. The second-order valence-electron chi connectivity index (χ2n) is 4.45. The molecule has 0 fully saturated rings. The second-order valence-corrected chi connectivity index (χ2v) is 4.79. The van der Waals surface area contributed by atoms with Crippen molar-refractivity contribution < 1.29 is 4.74 Å². The molecule has 0 aliphatic rings. The van der Waals surface area contributed by atoms with E-state index in [0.717, 1.165) is 11.3 Å². The molecule has 0 spiro atoms. The standard InChI is InChI=1S/C13H16ClN5O/c1-8-5-6-10(20-4)9(7-8)15-12-16-11(14)17-13(18-12)19(2)3/h5-7H,1-4H3,(H,15,16,17,18). The molecule has 6 nitrogen and oxygen atoms in total. The highest BCUT2D eigenvalue weighted by Crippen LogP contribution is 2.27. The van der Waals surface area contributed by atoms with Gasteiger partial charge in [-0.15, -0.1) is 0 Å². The van der Waals surface area contributed by atoms with Crippen molar-refractivity contribution >= 4 is 29.2 Å². The first-order valence-corrected chi connectivity index (χ1v) is 6.38. The maximum Gasteiger partial charge on any atom is 0.233 e. The van der Waals surface area contributed by atoms with Crippen molar-refractivity contribution in [3.8, 4) is 5.75 Å². The third kappa shape index (κ3) is 3.27. The fourth-order valence-corrected chi connectivity index (χ4v) is 1.79. The first-order valence-electron chi connectivity index (χ1n) is 6.00. The molecule has 0 radical (unpaired) electrons. The van der Waals surface area contributed by atoms with Crippen LogP contribution >= 0.6 is 11.6 Å². The minimum Gasteiger partial charge on any atom is -0.495 e. The molecule has 0 saturated heterocycles. The summed E-state index contributed by atoms with van der Waals surface area (Å²) in [6, 6.07) is 5.80. The molecule has 0 unspecified atom stereocenters. The van der Waals surface area contributed by atoms with Crippen LogP contribution < -0.4 is 15.0 Å². The van der Waals surface area contributed by atoms with Crippen LogP contribution in [0.2, 0.25) is 5.28 Å². The number of benzene rings is 1. The third-order valence-electron chi connectivity index (χ3n) is 2.60. The molecule has 1 N–H and O–H groups in total. The van der Waals surface area contributed by atoms with Crippen LogP contribution in [0.1, 0.15) is 5.56 Å². The van der Waals surface area contributed by atoms with E-state index in [1.807, 2.05) is 39.2 Å². The lowest BCUT2D eigenvalue weighted by Crippen LogP contribution is -2.14. The van der Waals surface area contributed by atoms with Crippen molar-refractivity contribution in [1.82, 2.24) is 15.0 Å². The zero-order valence-corrected chi connectivity index (χ0v) is 12.6. The molecular weight excluding hydrogens is 278 g/mol. The zero-order valence-electron chi connectivity index (χ0n) is 11.8. The van der Waals surface area contributed by atoms with Gasteiger partial charge in [0, 0.05) is 14.1 Å². The molecule has 1 aromatic heterocycles. The number of rotatable bonds is 4. The Bertz CT molecular complexity index is 618. The second kappa shape index (κ2) is 5.92. The molecule has 0 bridgehead atoms. The van der Waals surface area contributed by atoms with E-state index in [-0.39, 0.29) is 5.28 Å². The van der Waals surface area contributed by atoms with Gasteiger partial charge in [-0.05, 0) is 36.2 Å². The van der Waals surface area contributed by atoms with Crippen LogP contribution in [0.5, 0.6) is 5.75 Å². The van der Waals surface area contributed by atoms with E-state index in [1.54, 1.807) is 12.0 Å². The number of halogens is 1. The van der Waals surface area contributed by atoms with Gasteiger partial charge < -0.3 is 15.0 Å². The SMILES string of the molecule is COc1ccc(C)cc1Nc1nc(Cl)nc(N(C)C)n1. The average Bonchev–Trinajstić information content (AvgIpc) is 2.38. The van der Waals surface area contributed by atoms with Gasteiger partial charge in [-0.1, -0.05) is 6.07 Å². The van der Waals surface area contributed by atoms with Gasteiger partial charge in [-0.3, -0.25) is 0 Å². The number of hydrogen-bond donors (Lipinski definition) is 1. The summed E-state index contributed by atoms with van der Waals surface area (Å²) in [6.07, 6.45) is 0. The van der Waals surface area contributed by atoms with Crippen molar-refractivity contribution in [3.63, 3.8) is 0 Å². The molecular formula is C13H16ClN5O. The number of methoxy groups -OCH3 is 1. The van der Waals surface area contributed by atoms with E-state index >= 15 is 0 Å². The maximum atomic E-state index is 5.91. The maximum absolute atomic E-state index is 5.91. The van der Waals surface area contributed by atoms with Gasteiger partial charge in [0.15, 0.2) is 0 Å². The Morgan fingerprint density at radius 2 is 1.95 bits per heavy atom. The Hall–Kier alpha value is -2.08. The van der Waals surface area contributed by atoms with Crippen LogP contribution in [0.4, 0.5) is 17.6 Å². The van der Waals surface area contributed by atoms with Crippen molar-refractivity contribution in [2.24, 2.45) is 0 Å². The van der Waals surface area contributed by atoms with Gasteiger partial charge >= 0.3 is 0 Å². The summed E-state index contributed by atoms with van der Waals surface area (Å²) in [7, 11) is 5.28. The summed E-state index contributed by atoms with van der Waals surface area (Å²) in [5.41, 5.74) is 1.88. The van der Waals surface area contributed by atoms with Crippen LogP contribution in [-0.4, -0.2) is 36.2 Å². The fraction of sp³-hybridized carbons (Fsp3) is 0.308. The largest absolute Gasteiger partial charge is 0.495 e. The summed E-state index contributed by atoms with van der Waals surface area (Å²) in [4.78, 5) is 14.1. The molecule has 1 aromatic carbocycles. The van der Waals surface area contributed by atoms with Gasteiger partial charge in [0.1, 0.15) is 5.75 Å². The number of aryl methyl sites for hydroxylation is 1. The molecule has 0 aliphatic carbocycles. The topological polar surface area (TPSA) is 63.2 Å². The lowest BCUT2D eigenvalue weighted by Gasteiger charge is -2.13. The fourth-order valence-electron chi connectivity index (χ4n) is 1.64. The van der Waals surface area contributed by atoms with Crippen LogP contribution in [-0.2, 0) is 0 Å². The van der Waals surface area contributed by atoms with E-state index in [1.165, 1.54) is 0 Å². The minimum absolute atomic E-state index is 0.137. The Morgan fingerprint density at radius 1 is 1.20 bits per heavy atom. The number of anilines is 3. The molecule has 0 atom stereocenters. The smallest absolute Gasteiger partial charge is 0.233 e. The highest BCUT2D eigenvalue weighted by atomic mass is 35.5. The lowest BCUT2D eigenvalue weighted by molar-refractivity contribution is 0.416. The molecule has 0 amide bonds. The van der Waals surface area contributed by atoms with Crippen molar-refractivity contribution in [2.45, 2.75) is 6.92 Å². The van der Waals surface area contributed by atoms with Gasteiger partial charge in [-0.25, -0.2) is 0 Å². The number of nitrogens with one attached hydrogen (secondary N) is 1. The minimum atomic E-state index is 0.137. The average molecular weight is 294 g/mol. The number of ether oxygens (including phenoxy) is 1. The van der Waals surface area contributed by atoms with E-state index in [9.17, 15) is 0 Å². The zero-order chi connectivity index (χ0) is 14.7. The number of nitrogens with zero attached hydrogens (tertiary/aromatic N) is 4. The molecule has 2 rings (SSSR count). The van der Waals surface area contributed by atoms with Crippen molar-refractivity contribution in [1.29, 1.82) is 0 Å². The monoisotopic (exact) mass is 293 g/mol. The number of aromatic nitrogens is 3. The Balaban J connectivity index is 2.37. The van der Waals surface area contributed by atoms with Crippen molar-refractivity contribution in [2.75, 3.05) is 31.4 Å². The highest BCUT2D eigenvalue weighted by molar-refractivity contribution is 6.28. The van der Waals surface area contributed by atoms with Gasteiger partial charge in [0.2, 0.25) is 17.2 Å². The molecule has 2 aromatic rings. The van der Waals surface area contributed by atoms with E-state index in [4.69, 9.17) is 16.3 Å². The summed E-state index contributed by atoms with van der Waals surface area (Å²) in [6.45, 7) is 2.00. The highest BCUT2D eigenvalue weighted by Gasteiger charge is 2.09. The van der Waals surface area contributed by atoms with E-state index in [0.29, 0.717) is 17.6 Å². The Morgan fingerprint density at radius 3 is 2.60 bits per heavy atom. The lowest BCUT2D eigenvalue weighted by atomic mass is 10.2. The first kappa shape index (κ1) is 14.3.